The highest BCUT2D eigenvalue weighted by Gasteiger charge is 2.32. The van der Waals surface area contributed by atoms with Crippen LogP contribution in [0.1, 0.15) is 63.5 Å². The minimum absolute atomic E-state index is 0.547. The Hall–Kier alpha value is -0.530. The van der Waals surface area contributed by atoms with E-state index in [4.69, 9.17) is 11.6 Å². The summed E-state index contributed by atoms with van der Waals surface area (Å²) in [7, 11) is 0. The number of benzene rings is 1. The number of nitrogens with one attached hydrogen (secondary N) is 1. The first-order valence-electron chi connectivity index (χ1n) is 8.75. The van der Waals surface area contributed by atoms with Gasteiger partial charge in [0.25, 0.3) is 0 Å². The maximum Gasteiger partial charge on any atom is 0.0406 e. The SMILES string of the molecule is CCC1CCC(CNC(c2ccc(Cl)cc2)C2CC2)CC1. The van der Waals surface area contributed by atoms with E-state index >= 15 is 0 Å². The summed E-state index contributed by atoms with van der Waals surface area (Å²) < 4.78 is 0. The van der Waals surface area contributed by atoms with Crippen LogP contribution in [0.3, 0.4) is 0 Å². The molecule has 0 radical (unpaired) electrons. The maximum atomic E-state index is 6.02. The van der Waals surface area contributed by atoms with E-state index in [9.17, 15) is 0 Å². The lowest BCUT2D eigenvalue weighted by Crippen LogP contribution is -2.30. The van der Waals surface area contributed by atoms with Crippen LogP contribution in [0.25, 0.3) is 0 Å². The van der Waals surface area contributed by atoms with Gasteiger partial charge in [0.15, 0.2) is 0 Å². The lowest BCUT2D eigenvalue weighted by molar-refractivity contribution is 0.254. The Morgan fingerprint density at radius 3 is 2.19 bits per heavy atom. The molecule has 1 N–H and O–H groups in total. The van der Waals surface area contributed by atoms with Gasteiger partial charge in [-0.3, -0.25) is 0 Å². The fraction of sp³-hybridized carbons (Fsp3) is 0.684. The molecule has 1 atom stereocenters. The molecule has 0 amide bonds. The molecule has 0 heterocycles. The zero-order valence-corrected chi connectivity index (χ0v) is 13.9. The lowest BCUT2D eigenvalue weighted by Gasteiger charge is -2.30. The van der Waals surface area contributed by atoms with Gasteiger partial charge < -0.3 is 5.32 Å². The summed E-state index contributed by atoms with van der Waals surface area (Å²) in [5.74, 6) is 2.73. The van der Waals surface area contributed by atoms with E-state index in [1.54, 1.807) is 0 Å². The van der Waals surface area contributed by atoms with Gasteiger partial charge >= 0.3 is 0 Å². The van der Waals surface area contributed by atoms with Crippen LogP contribution in [0.15, 0.2) is 24.3 Å². The normalized spacial score (nSPS) is 27.5. The van der Waals surface area contributed by atoms with Crippen molar-refractivity contribution in [3.63, 3.8) is 0 Å². The van der Waals surface area contributed by atoms with Gasteiger partial charge in [-0.2, -0.15) is 0 Å². The molecule has 0 spiro atoms. The zero-order chi connectivity index (χ0) is 14.7. The summed E-state index contributed by atoms with van der Waals surface area (Å²) >= 11 is 6.02. The van der Waals surface area contributed by atoms with Crippen molar-refractivity contribution < 1.29 is 0 Å². The molecule has 21 heavy (non-hydrogen) atoms. The van der Waals surface area contributed by atoms with Crippen LogP contribution in [-0.4, -0.2) is 6.54 Å². The van der Waals surface area contributed by atoms with E-state index in [1.807, 2.05) is 12.1 Å². The summed E-state index contributed by atoms with van der Waals surface area (Å²) in [6.45, 7) is 3.53. The molecule has 0 aromatic heterocycles. The van der Waals surface area contributed by atoms with Crippen LogP contribution in [0.2, 0.25) is 5.02 Å². The fourth-order valence-electron chi connectivity index (χ4n) is 3.79. The van der Waals surface area contributed by atoms with Crippen LogP contribution in [0.4, 0.5) is 0 Å². The number of hydrogen-bond acceptors (Lipinski definition) is 1. The number of halogens is 1. The highest BCUT2D eigenvalue weighted by atomic mass is 35.5. The van der Waals surface area contributed by atoms with Gasteiger partial charge in [-0.1, -0.05) is 49.9 Å². The summed E-state index contributed by atoms with van der Waals surface area (Å²) in [6.07, 6.45) is 9.85. The number of hydrogen-bond donors (Lipinski definition) is 1. The first-order chi connectivity index (χ1) is 10.3. The van der Waals surface area contributed by atoms with Crippen molar-refractivity contribution >= 4 is 11.6 Å². The van der Waals surface area contributed by atoms with E-state index in [1.165, 1.54) is 57.1 Å². The smallest absolute Gasteiger partial charge is 0.0406 e. The Morgan fingerprint density at radius 1 is 1.00 bits per heavy atom. The maximum absolute atomic E-state index is 6.02. The lowest BCUT2D eigenvalue weighted by atomic mass is 9.80. The van der Waals surface area contributed by atoms with Crippen LogP contribution >= 0.6 is 11.6 Å². The molecule has 0 bridgehead atoms. The molecule has 2 fully saturated rings. The van der Waals surface area contributed by atoms with E-state index in [-0.39, 0.29) is 0 Å². The predicted molar refractivity (Wildman–Crippen MR) is 90.7 cm³/mol. The molecule has 2 aliphatic rings. The monoisotopic (exact) mass is 305 g/mol. The van der Waals surface area contributed by atoms with Gasteiger partial charge in [0.05, 0.1) is 0 Å². The largest absolute Gasteiger partial charge is 0.309 e. The molecule has 0 saturated heterocycles. The van der Waals surface area contributed by atoms with Gasteiger partial charge in [0, 0.05) is 11.1 Å². The third-order valence-corrected chi connectivity index (χ3v) is 5.74. The second-order valence-electron chi connectivity index (χ2n) is 7.07. The van der Waals surface area contributed by atoms with Gasteiger partial charge in [-0.05, 0) is 67.7 Å². The third-order valence-electron chi connectivity index (χ3n) is 5.49. The van der Waals surface area contributed by atoms with Crippen LogP contribution < -0.4 is 5.32 Å². The van der Waals surface area contributed by atoms with E-state index in [0.29, 0.717) is 6.04 Å². The second-order valence-corrected chi connectivity index (χ2v) is 7.51. The first-order valence-corrected chi connectivity index (χ1v) is 9.13. The molecule has 2 aliphatic carbocycles. The molecule has 3 rings (SSSR count). The second kappa shape index (κ2) is 7.15. The van der Waals surface area contributed by atoms with Crippen LogP contribution in [0.5, 0.6) is 0 Å². The molecular weight excluding hydrogens is 278 g/mol. The van der Waals surface area contributed by atoms with Crippen molar-refractivity contribution in [1.82, 2.24) is 5.32 Å². The molecule has 1 aromatic carbocycles. The standard InChI is InChI=1S/C19H28ClN/c1-2-14-3-5-15(6-4-14)13-21-19(16-7-8-16)17-9-11-18(20)12-10-17/h9-12,14-16,19,21H,2-8,13H2,1H3. The van der Waals surface area contributed by atoms with E-state index in [0.717, 1.165) is 22.8 Å². The van der Waals surface area contributed by atoms with Crippen LogP contribution in [0, 0.1) is 17.8 Å². The minimum Gasteiger partial charge on any atom is -0.309 e. The van der Waals surface area contributed by atoms with Crippen molar-refractivity contribution in [2.45, 2.75) is 57.9 Å². The topological polar surface area (TPSA) is 12.0 Å². The summed E-state index contributed by atoms with van der Waals surface area (Å²) in [5, 5.41) is 4.72. The molecule has 1 unspecified atom stereocenters. The summed E-state index contributed by atoms with van der Waals surface area (Å²) in [4.78, 5) is 0. The summed E-state index contributed by atoms with van der Waals surface area (Å²) in [6, 6.07) is 9.01. The molecule has 1 aromatic rings. The Morgan fingerprint density at radius 2 is 1.62 bits per heavy atom. The Balaban J connectivity index is 1.53. The summed E-state index contributed by atoms with van der Waals surface area (Å²) in [5.41, 5.74) is 1.42. The van der Waals surface area contributed by atoms with E-state index in [2.05, 4.69) is 24.4 Å². The molecule has 1 nitrogen and oxygen atoms in total. The van der Waals surface area contributed by atoms with Crippen molar-refractivity contribution in [3.8, 4) is 0 Å². The fourth-order valence-corrected chi connectivity index (χ4v) is 3.92. The average molecular weight is 306 g/mol. The number of rotatable bonds is 6. The molecule has 2 saturated carbocycles. The Bertz CT molecular complexity index is 429. The Kier molecular flexibility index (Phi) is 5.24. The highest BCUT2D eigenvalue weighted by molar-refractivity contribution is 6.30. The molecule has 0 aliphatic heterocycles. The van der Waals surface area contributed by atoms with Crippen molar-refractivity contribution in [2.75, 3.05) is 6.54 Å². The van der Waals surface area contributed by atoms with Gasteiger partial charge in [0.1, 0.15) is 0 Å². The zero-order valence-electron chi connectivity index (χ0n) is 13.2. The highest BCUT2D eigenvalue weighted by Crippen LogP contribution is 2.41. The predicted octanol–water partition coefficient (Wildman–Crippen LogP) is 5.60. The van der Waals surface area contributed by atoms with Crippen molar-refractivity contribution in [2.24, 2.45) is 17.8 Å². The third kappa shape index (κ3) is 4.23. The minimum atomic E-state index is 0.547. The van der Waals surface area contributed by atoms with Gasteiger partial charge in [0.2, 0.25) is 0 Å². The van der Waals surface area contributed by atoms with Crippen LogP contribution in [-0.2, 0) is 0 Å². The van der Waals surface area contributed by atoms with E-state index < -0.39 is 0 Å². The van der Waals surface area contributed by atoms with Gasteiger partial charge in [-0.15, -0.1) is 0 Å². The average Bonchev–Trinajstić information content (AvgIpc) is 3.35. The molecule has 2 heteroatoms. The quantitative estimate of drug-likeness (QED) is 0.721. The van der Waals surface area contributed by atoms with Gasteiger partial charge in [-0.25, -0.2) is 0 Å². The molecule has 116 valence electrons. The van der Waals surface area contributed by atoms with Crippen molar-refractivity contribution in [1.29, 1.82) is 0 Å². The first kappa shape index (κ1) is 15.4. The van der Waals surface area contributed by atoms with Crippen molar-refractivity contribution in [3.05, 3.63) is 34.9 Å². The molecular formula is C19H28ClN. The Labute approximate surface area is 134 Å².